The average molecular weight is 250 g/mol. The zero-order valence-corrected chi connectivity index (χ0v) is 9.86. The second-order valence-corrected chi connectivity index (χ2v) is 4.29. The highest BCUT2D eigenvalue weighted by Crippen LogP contribution is 2.10. The van der Waals surface area contributed by atoms with Crippen molar-refractivity contribution in [2.45, 2.75) is 13.5 Å². The third-order valence-electron chi connectivity index (χ3n) is 1.90. The predicted octanol–water partition coefficient (Wildman–Crippen LogP) is 0.149. The molecular weight excluding hydrogens is 240 g/mol. The zero-order valence-electron chi connectivity index (χ0n) is 9.04. The molecule has 0 spiro atoms. The van der Waals surface area contributed by atoms with Gasteiger partial charge in [0, 0.05) is 6.20 Å². The predicted molar refractivity (Wildman–Crippen MR) is 62.3 cm³/mol. The summed E-state index contributed by atoms with van der Waals surface area (Å²) in [6, 6.07) is 0. The molecule has 7 nitrogen and oxygen atoms in total. The molecule has 0 atom stereocenters. The van der Waals surface area contributed by atoms with Crippen LogP contribution in [0.25, 0.3) is 0 Å². The molecule has 2 heterocycles. The monoisotopic (exact) mass is 250 g/mol. The van der Waals surface area contributed by atoms with E-state index in [0.29, 0.717) is 12.2 Å². The lowest BCUT2D eigenvalue weighted by atomic mass is 10.4. The molecule has 88 valence electrons. The molecule has 0 saturated carbocycles. The largest absolute Gasteiger partial charge is 0.374 e. The fourth-order valence-electron chi connectivity index (χ4n) is 1.08. The SMILES string of the molecule is Cc1cnc(CNC(=O)c2nnc(N)s2)cn1. The van der Waals surface area contributed by atoms with Gasteiger partial charge in [0.05, 0.1) is 24.1 Å². The summed E-state index contributed by atoms with van der Waals surface area (Å²) in [4.78, 5) is 19.8. The van der Waals surface area contributed by atoms with Crippen molar-refractivity contribution in [3.8, 4) is 0 Å². The number of hydrogen-bond acceptors (Lipinski definition) is 7. The van der Waals surface area contributed by atoms with Gasteiger partial charge in [0.2, 0.25) is 10.1 Å². The summed E-state index contributed by atoms with van der Waals surface area (Å²) in [6.07, 6.45) is 3.26. The van der Waals surface area contributed by atoms with Crippen molar-refractivity contribution in [3.63, 3.8) is 0 Å². The second-order valence-electron chi connectivity index (χ2n) is 3.28. The van der Waals surface area contributed by atoms with E-state index in [1.807, 2.05) is 6.92 Å². The normalized spacial score (nSPS) is 10.2. The first-order valence-electron chi connectivity index (χ1n) is 4.80. The van der Waals surface area contributed by atoms with Crippen molar-refractivity contribution in [2.24, 2.45) is 0 Å². The van der Waals surface area contributed by atoms with Crippen LogP contribution in [0.3, 0.4) is 0 Å². The van der Waals surface area contributed by atoms with E-state index in [9.17, 15) is 4.79 Å². The van der Waals surface area contributed by atoms with Crippen LogP contribution in [0.15, 0.2) is 12.4 Å². The Morgan fingerprint density at radius 2 is 2.24 bits per heavy atom. The minimum absolute atomic E-state index is 0.238. The van der Waals surface area contributed by atoms with E-state index < -0.39 is 0 Å². The lowest BCUT2D eigenvalue weighted by Crippen LogP contribution is -2.23. The Hall–Kier alpha value is -2.09. The minimum atomic E-state index is -0.318. The van der Waals surface area contributed by atoms with Gasteiger partial charge in [0.25, 0.3) is 5.91 Å². The molecule has 0 fully saturated rings. The third-order valence-corrected chi connectivity index (χ3v) is 2.65. The Balaban J connectivity index is 1.94. The molecule has 0 radical (unpaired) electrons. The number of carbonyl (C=O) groups excluding carboxylic acids is 1. The summed E-state index contributed by atoms with van der Waals surface area (Å²) in [5.74, 6) is -0.318. The highest BCUT2D eigenvalue weighted by atomic mass is 32.1. The summed E-state index contributed by atoms with van der Waals surface area (Å²) in [5, 5.41) is 10.4. The lowest BCUT2D eigenvalue weighted by molar-refractivity contribution is 0.0949. The van der Waals surface area contributed by atoms with Crippen molar-refractivity contribution < 1.29 is 4.79 Å². The van der Waals surface area contributed by atoms with Crippen LogP contribution >= 0.6 is 11.3 Å². The number of rotatable bonds is 3. The van der Waals surface area contributed by atoms with Crippen LogP contribution in [0.2, 0.25) is 0 Å². The van der Waals surface area contributed by atoms with Gasteiger partial charge >= 0.3 is 0 Å². The van der Waals surface area contributed by atoms with Gasteiger partial charge in [-0.3, -0.25) is 14.8 Å². The number of nitrogen functional groups attached to an aromatic ring is 1. The first-order chi connectivity index (χ1) is 8.15. The number of aryl methyl sites for hydroxylation is 1. The summed E-state index contributed by atoms with van der Waals surface area (Å²) in [5.41, 5.74) is 6.90. The number of hydrogen-bond donors (Lipinski definition) is 2. The average Bonchev–Trinajstić information content (AvgIpc) is 2.75. The first kappa shape index (κ1) is 11.4. The van der Waals surface area contributed by atoms with Crippen LogP contribution in [0.5, 0.6) is 0 Å². The van der Waals surface area contributed by atoms with Crippen molar-refractivity contribution in [1.82, 2.24) is 25.5 Å². The van der Waals surface area contributed by atoms with Crippen molar-refractivity contribution in [2.75, 3.05) is 5.73 Å². The Morgan fingerprint density at radius 3 is 2.82 bits per heavy atom. The molecule has 17 heavy (non-hydrogen) atoms. The van der Waals surface area contributed by atoms with E-state index >= 15 is 0 Å². The molecule has 0 unspecified atom stereocenters. The van der Waals surface area contributed by atoms with Crippen LogP contribution in [0, 0.1) is 6.92 Å². The smallest absolute Gasteiger partial charge is 0.282 e. The van der Waals surface area contributed by atoms with Gasteiger partial charge in [0.1, 0.15) is 0 Å². The van der Waals surface area contributed by atoms with Crippen molar-refractivity contribution in [3.05, 3.63) is 28.8 Å². The topological polar surface area (TPSA) is 107 Å². The molecular formula is C9H10N6OS. The van der Waals surface area contributed by atoms with E-state index in [0.717, 1.165) is 17.0 Å². The molecule has 0 aliphatic rings. The molecule has 0 aliphatic carbocycles. The van der Waals surface area contributed by atoms with Gasteiger partial charge in [-0.05, 0) is 6.92 Å². The van der Waals surface area contributed by atoms with Crippen LogP contribution in [0.4, 0.5) is 5.13 Å². The van der Waals surface area contributed by atoms with E-state index in [-0.39, 0.29) is 16.0 Å². The molecule has 0 aromatic carbocycles. The molecule has 3 N–H and O–H groups in total. The van der Waals surface area contributed by atoms with Gasteiger partial charge < -0.3 is 11.1 Å². The Labute approximate surface area is 101 Å². The molecule has 2 aromatic heterocycles. The number of anilines is 1. The molecule has 0 saturated heterocycles. The van der Waals surface area contributed by atoms with Crippen LogP contribution < -0.4 is 11.1 Å². The van der Waals surface area contributed by atoms with Crippen molar-refractivity contribution in [1.29, 1.82) is 0 Å². The van der Waals surface area contributed by atoms with Gasteiger partial charge in [-0.15, -0.1) is 10.2 Å². The fraction of sp³-hybridized carbons (Fsp3) is 0.222. The zero-order chi connectivity index (χ0) is 12.3. The quantitative estimate of drug-likeness (QED) is 0.803. The summed E-state index contributed by atoms with van der Waals surface area (Å²) in [6.45, 7) is 2.14. The van der Waals surface area contributed by atoms with Crippen molar-refractivity contribution >= 4 is 22.4 Å². The second kappa shape index (κ2) is 4.83. The Kier molecular flexibility index (Phi) is 3.24. The first-order valence-corrected chi connectivity index (χ1v) is 5.61. The van der Waals surface area contributed by atoms with E-state index in [1.165, 1.54) is 0 Å². The maximum absolute atomic E-state index is 11.6. The number of carbonyl (C=O) groups is 1. The fourth-order valence-corrected chi connectivity index (χ4v) is 1.61. The molecule has 2 rings (SSSR count). The van der Waals surface area contributed by atoms with Gasteiger partial charge in [-0.2, -0.15) is 0 Å². The van der Waals surface area contributed by atoms with E-state index in [4.69, 9.17) is 5.73 Å². The van der Waals surface area contributed by atoms with Gasteiger partial charge in [-0.1, -0.05) is 11.3 Å². The van der Waals surface area contributed by atoms with Crippen LogP contribution in [-0.2, 0) is 6.54 Å². The third kappa shape index (κ3) is 2.94. The molecule has 0 aliphatic heterocycles. The van der Waals surface area contributed by atoms with Gasteiger partial charge in [-0.25, -0.2) is 0 Å². The highest BCUT2D eigenvalue weighted by molar-refractivity contribution is 7.16. The Bertz CT molecular complexity index is 523. The minimum Gasteiger partial charge on any atom is -0.374 e. The van der Waals surface area contributed by atoms with Gasteiger partial charge in [0.15, 0.2) is 0 Å². The number of nitrogens with zero attached hydrogens (tertiary/aromatic N) is 4. The maximum Gasteiger partial charge on any atom is 0.282 e. The molecule has 2 aromatic rings. The number of nitrogens with two attached hydrogens (primary N) is 1. The van der Waals surface area contributed by atoms with E-state index in [2.05, 4.69) is 25.5 Å². The number of amides is 1. The number of aromatic nitrogens is 4. The van der Waals surface area contributed by atoms with Crippen LogP contribution in [-0.4, -0.2) is 26.1 Å². The molecule has 8 heteroatoms. The summed E-state index contributed by atoms with van der Waals surface area (Å²) < 4.78 is 0. The molecule has 1 amide bonds. The summed E-state index contributed by atoms with van der Waals surface area (Å²) in [7, 11) is 0. The Morgan fingerprint density at radius 1 is 1.41 bits per heavy atom. The van der Waals surface area contributed by atoms with Crippen LogP contribution in [0.1, 0.15) is 21.2 Å². The standard InChI is InChI=1S/C9H10N6OS/c1-5-2-12-6(3-11-5)4-13-7(16)8-14-15-9(10)17-8/h2-3H,4H2,1H3,(H2,10,15)(H,13,16). The highest BCUT2D eigenvalue weighted by Gasteiger charge is 2.11. The maximum atomic E-state index is 11.6. The number of nitrogens with one attached hydrogen (secondary N) is 1. The molecule has 0 bridgehead atoms. The summed E-state index contributed by atoms with van der Waals surface area (Å²) >= 11 is 1.04. The lowest BCUT2D eigenvalue weighted by Gasteiger charge is -2.01. The van der Waals surface area contributed by atoms with E-state index in [1.54, 1.807) is 12.4 Å².